The Morgan fingerprint density at radius 1 is 1.39 bits per heavy atom. The topological polar surface area (TPSA) is 41.3 Å². The van der Waals surface area contributed by atoms with E-state index in [4.69, 9.17) is 5.73 Å². The smallest absolute Gasteiger partial charge is 0.139 e. The number of nitrogens with two attached hydrogens (primary N) is 1. The van der Waals surface area contributed by atoms with Crippen molar-refractivity contribution in [1.29, 1.82) is 0 Å². The molecule has 0 atom stereocenters. The maximum atomic E-state index is 13.2. The molecule has 1 aromatic carbocycles. The molecule has 0 radical (unpaired) electrons. The van der Waals surface area contributed by atoms with Crippen molar-refractivity contribution < 1.29 is 4.39 Å². The minimum absolute atomic E-state index is 0.108. The average molecular weight is 318 g/mol. The number of anilines is 2. The zero-order valence-corrected chi connectivity index (χ0v) is 12.9. The third kappa shape index (κ3) is 4.46. The Bertz CT molecular complexity index is 419. The summed E-state index contributed by atoms with van der Waals surface area (Å²) in [5.74, 6) is -0.342. The number of nitrogens with zero attached hydrogens (tertiary/aromatic N) is 1. The van der Waals surface area contributed by atoms with Crippen LogP contribution in [-0.4, -0.2) is 32.1 Å². The van der Waals surface area contributed by atoms with Crippen LogP contribution in [0, 0.1) is 11.2 Å². The second kappa shape index (κ2) is 5.89. The zero-order chi connectivity index (χ0) is 13.9. The highest BCUT2D eigenvalue weighted by Gasteiger charge is 2.19. The Morgan fingerprint density at radius 3 is 2.56 bits per heavy atom. The number of nitrogens with one attached hydrogen (secondary N) is 1. The fourth-order valence-electron chi connectivity index (χ4n) is 1.96. The van der Waals surface area contributed by atoms with E-state index in [2.05, 4.69) is 40.0 Å². The second-order valence-corrected chi connectivity index (χ2v) is 6.46. The third-order valence-electron chi connectivity index (χ3n) is 2.59. The predicted molar refractivity (Wildman–Crippen MR) is 79.3 cm³/mol. The number of hydrogen-bond donors (Lipinski definition) is 2. The van der Waals surface area contributed by atoms with Gasteiger partial charge in [0.2, 0.25) is 0 Å². The number of nitrogen functional groups attached to an aromatic ring is 1. The van der Waals surface area contributed by atoms with Crippen LogP contribution < -0.4 is 11.1 Å². The van der Waals surface area contributed by atoms with Crippen LogP contribution in [0.1, 0.15) is 13.8 Å². The number of rotatable bonds is 5. The molecule has 1 rings (SSSR count). The molecule has 0 aliphatic heterocycles. The van der Waals surface area contributed by atoms with E-state index in [0.29, 0.717) is 10.2 Å². The molecule has 102 valence electrons. The van der Waals surface area contributed by atoms with Gasteiger partial charge >= 0.3 is 0 Å². The van der Waals surface area contributed by atoms with Gasteiger partial charge in [-0.05, 0) is 41.5 Å². The predicted octanol–water partition coefficient (Wildman–Crippen LogP) is 3.17. The Morgan fingerprint density at radius 2 is 2.00 bits per heavy atom. The molecule has 0 unspecified atom stereocenters. The van der Waals surface area contributed by atoms with E-state index >= 15 is 0 Å². The van der Waals surface area contributed by atoms with Crippen LogP contribution in [0.15, 0.2) is 16.6 Å². The molecule has 0 saturated heterocycles. The van der Waals surface area contributed by atoms with Crippen molar-refractivity contribution >= 4 is 27.3 Å². The van der Waals surface area contributed by atoms with Crippen molar-refractivity contribution in [2.75, 3.05) is 38.2 Å². The summed E-state index contributed by atoms with van der Waals surface area (Å²) in [6.45, 7) is 6.08. The number of halogens is 2. The first kappa shape index (κ1) is 15.2. The van der Waals surface area contributed by atoms with Gasteiger partial charge in [0.25, 0.3) is 0 Å². The molecule has 18 heavy (non-hydrogen) atoms. The molecule has 5 heteroatoms. The van der Waals surface area contributed by atoms with Gasteiger partial charge in [-0.25, -0.2) is 4.39 Å². The van der Waals surface area contributed by atoms with Crippen LogP contribution in [-0.2, 0) is 0 Å². The Balaban J connectivity index is 2.72. The lowest BCUT2D eigenvalue weighted by Gasteiger charge is -2.29. The van der Waals surface area contributed by atoms with Crippen molar-refractivity contribution in [3.05, 3.63) is 22.4 Å². The molecule has 0 fully saturated rings. The molecule has 0 heterocycles. The SMILES string of the molecule is CN(C)CC(C)(C)CNc1cc(Br)c(F)cc1N. The monoisotopic (exact) mass is 317 g/mol. The molecule has 3 N–H and O–H groups in total. The molecule has 0 aromatic heterocycles. The normalized spacial score (nSPS) is 11.9. The van der Waals surface area contributed by atoms with Crippen LogP contribution in [0.4, 0.5) is 15.8 Å². The lowest BCUT2D eigenvalue weighted by Crippen LogP contribution is -2.34. The van der Waals surface area contributed by atoms with Gasteiger partial charge in [-0.2, -0.15) is 0 Å². The number of hydrogen-bond acceptors (Lipinski definition) is 3. The lowest BCUT2D eigenvalue weighted by atomic mass is 9.93. The summed E-state index contributed by atoms with van der Waals surface area (Å²) in [7, 11) is 4.09. The molecule has 0 bridgehead atoms. The van der Waals surface area contributed by atoms with E-state index in [1.54, 1.807) is 6.07 Å². The van der Waals surface area contributed by atoms with E-state index in [0.717, 1.165) is 18.8 Å². The quantitative estimate of drug-likeness (QED) is 0.820. The van der Waals surface area contributed by atoms with Crippen LogP contribution in [0.5, 0.6) is 0 Å². The van der Waals surface area contributed by atoms with Crippen LogP contribution in [0.2, 0.25) is 0 Å². The van der Waals surface area contributed by atoms with E-state index in [1.165, 1.54) is 6.07 Å². The third-order valence-corrected chi connectivity index (χ3v) is 3.20. The molecule has 0 aliphatic rings. The molecule has 0 spiro atoms. The summed E-state index contributed by atoms with van der Waals surface area (Å²) < 4.78 is 13.7. The van der Waals surface area contributed by atoms with Crippen molar-refractivity contribution in [1.82, 2.24) is 4.90 Å². The first-order valence-electron chi connectivity index (χ1n) is 5.84. The Hall–Kier alpha value is -0.810. The van der Waals surface area contributed by atoms with Gasteiger partial charge in [-0.1, -0.05) is 13.8 Å². The second-order valence-electron chi connectivity index (χ2n) is 5.61. The maximum absolute atomic E-state index is 13.2. The molecule has 3 nitrogen and oxygen atoms in total. The highest BCUT2D eigenvalue weighted by atomic mass is 79.9. The summed E-state index contributed by atoms with van der Waals surface area (Å²) in [5.41, 5.74) is 7.08. The first-order chi connectivity index (χ1) is 8.21. The van der Waals surface area contributed by atoms with Crippen LogP contribution in [0.3, 0.4) is 0 Å². The standard InChI is InChI=1S/C13H21BrFN3/c1-13(2,8-18(3)4)7-17-12-5-9(14)10(15)6-11(12)16/h5-6,17H,7-8,16H2,1-4H3. The van der Waals surface area contributed by atoms with E-state index in [-0.39, 0.29) is 11.2 Å². The Labute approximate surface area is 117 Å². The fourth-order valence-corrected chi connectivity index (χ4v) is 2.31. The van der Waals surface area contributed by atoms with E-state index in [9.17, 15) is 4.39 Å². The maximum Gasteiger partial charge on any atom is 0.139 e. The summed E-state index contributed by atoms with van der Waals surface area (Å²) in [5, 5.41) is 3.28. The van der Waals surface area contributed by atoms with Gasteiger partial charge in [-0.15, -0.1) is 0 Å². The van der Waals surface area contributed by atoms with Crippen LogP contribution >= 0.6 is 15.9 Å². The average Bonchev–Trinajstić information content (AvgIpc) is 2.19. The molecule has 1 aromatic rings. The Kier molecular flexibility index (Phi) is 4.99. The fraction of sp³-hybridized carbons (Fsp3) is 0.538. The van der Waals surface area contributed by atoms with Crippen LogP contribution in [0.25, 0.3) is 0 Å². The molecular weight excluding hydrogens is 297 g/mol. The van der Waals surface area contributed by atoms with Crippen molar-refractivity contribution in [3.63, 3.8) is 0 Å². The van der Waals surface area contributed by atoms with Gasteiger partial charge in [0.15, 0.2) is 0 Å². The summed E-state index contributed by atoms with van der Waals surface area (Å²) in [6, 6.07) is 3.00. The zero-order valence-electron chi connectivity index (χ0n) is 11.3. The van der Waals surface area contributed by atoms with E-state index in [1.807, 2.05) is 14.1 Å². The number of benzene rings is 1. The molecule has 0 saturated carbocycles. The van der Waals surface area contributed by atoms with Crippen molar-refractivity contribution in [2.45, 2.75) is 13.8 Å². The minimum Gasteiger partial charge on any atom is -0.397 e. The summed E-state index contributed by atoms with van der Waals surface area (Å²) >= 11 is 3.16. The van der Waals surface area contributed by atoms with Crippen molar-refractivity contribution in [3.8, 4) is 0 Å². The first-order valence-corrected chi connectivity index (χ1v) is 6.64. The van der Waals surface area contributed by atoms with Gasteiger partial charge in [0, 0.05) is 19.2 Å². The van der Waals surface area contributed by atoms with Crippen molar-refractivity contribution in [2.24, 2.45) is 5.41 Å². The molecule has 0 amide bonds. The highest BCUT2D eigenvalue weighted by molar-refractivity contribution is 9.10. The van der Waals surface area contributed by atoms with Gasteiger partial charge in [-0.3, -0.25) is 0 Å². The van der Waals surface area contributed by atoms with Gasteiger partial charge < -0.3 is 16.0 Å². The molecule has 0 aliphatic carbocycles. The summed E-state index contributed by atoms with van der Waals surface area (Å²) in [4.78, 5) is 2.14. The minimum atomic E-state index is -0.342. The summed E-state index contributed by atoms with van der Waals surface area (Å²) in [6.07, 6.45) is 0. The highest BCUT2D eigenvalue weighted by Crippen LogP contribution is 2.28. The lowest BCUT2D eigenvalue weighted by molar-refractivity contribution is 0.254. The van der Waals surface area contributed by atoms with Gasteiger partial charge in [0.05, 0.1) is 15.8 Å². The molecular formula is C13H21BrFN3. The van der Waals surface area contributed by atoms with Gasteiger partial charge in [0.1, 0.15) is 5.82 Å². The largest absolute Gasteiger partial charge is 0.397 e. The van der Waals surface area contributed by atoms with E-state index < -0.39 is 0 Å².